The molecule has 4 nitrogen and oxygen atoms in total. The first-order valence-corrected chi connectivity index (χ1v) is 8.72. The lowest BCUT2D eigenvalue weighted by atomic mass is 9.75. The van der Waals surface area contributed by atoms with Gasteiger partial charge in [0.15, 0.2) is 0 Å². The number of hydrogen-bond donors (Lipinski definition) is 0. The molecule has 2 aromatic rings. The van der Waals surface area contributed by atoms with Gasteiger partial charge < -0.3 is 14.0 Å². The molecule has 0 atom stereocenters. The van der Waals surface area contributed by atoms with Gasteiger partial charge in [-0.2, -0.15) is 0 Å². The third-order valence-electron chi connectivity index (χ3n) is 5.16. The molecule has 3 rings (SSSR count). The van der Waals surface area contributed by atoms with Crippen LogP contribution in [0.5, 0.6) is 0 Å². The zero-order valence-electron chi connectivity index (χ0n) is 15.8. The normalized spacial score (nSPS) is 18.6. The molecule has 1 aliphatic rings. The van der Waals surface area contributed by atoms with Crippen LogP contribution >= 0.6 is 0 Å². The molecule has 0 radical (unpaired) electrons. The molecule has 0 saturated carbocycles. The van der Waals surface area contributed by atoms with E-state index in [1.807, 2.05) is 46.8 Å². The molecule has 0 N–H and O–H groups in total. The minimum atomic E-state index is -0.524. The summed E-state index contributed by atoms with van der Waals surface area (Å²) in [6.07, 6.45) is 0. The smallest absolute Gasteiger partial charge is 0.462 e. The summed E-state index contributed by atoms with van der Waals surface area (Å²) in [4.78, 5) is 12.3. The Morgan fingerprint density at radius 3 is 2.32 bits per heavy atom. The van der Waals surface area contributed by atoms with Gasteiger partial charge in [-0.05, 0) is 69.9 Å². The first-order valence-electron chi connectivity index (χ1n) is 8.72. The minimum absolute atomic E-state index is 0.330. The summed E-state index contributed by atoms with van der Waals surface area (Å²) in [5.41, 5.74) is 1.64. The molecule has 0 spiro atoms. The Morgan fingerprint density at radius 2 is 1.72 bits per heavy atom. The molecule has 0 amide bonds. The lowest BCUT2D eigenvalue weighted by molar-refractivity contribution is 0.00578. The number of esters is 1. The number of fused-ring (bicyclic) bond motifs is 1. The third-order valence-corrected chi connectivity index (χ3v) is 5.16. The summed E-state index contributed by atoms with van der Waals surface area (Å²) in [6.45, 7) is 12.3. The van der Waals surface area contributed by atoms with E-state index in [0.29, 0.717) is 12.2 Å². The second-order valence-electron chi connectivity index (χ2n) is 7.60. The van der Waals surface area contributed by atoms with Gasteiger partial charge >= 0.3 is 13.1 Å². The highest BCUT2D eigenvalue weighted by Gasteiger charge is 2.52. The lowest BCUT2D eigenvalue weighted by Crippen LogP contribution is -2.41. The summed E-state index contributed by atoms with van der Waals surface area (Å²) < 4.78 is 17.6. The van der Waals surface area contributed by atoms with Gasteiger partial charge in [0.1, 0.15) is 0 Å². The molecule has 0 bridgehead atoms. The van der Waals surface area contributed by atoms with Gasteiger partial charge in [-0.15, -0.1) is 0 Å². The predicted octanol–water partition coefficient (Wildman–Crippen LogP) is 3.62. The Morgan fingerprint density at radius 1 is 1.08 bits per heavy atom. The summed E-state index contributed by atoms with van der Waals surface area (Å²) in [5, 5.41) is 2.01. The highest BCUT2D eigenvalue weighted by atomic mass is 16.7. The van der Waals surface area contributed by atoms with Crippen LogP contribution in [0.2, 0.25) is 0 Å². The quantitative estimate of drug-likeness (QED) is 0.632. The van der Waals surface area contributed by atoms with Gasteiger partial charge in [0.2, 0.25) is 0 Å². The number of benzene rings is 2. The number of ether oxygens (including phenoxy) is 1. The zero-order valence-corrected chi connectivity index (χ0v) is 15.8. The molecular formula is C20H25BO4. The van der Waals surface area contributed by atoms with Crippen molar-refractivity contribution in [3.8, 4) is 0 Å². The van der Waals surface area contributed by atoms with E-state index in [0.717, 1.165) is 21.8 Å². The van der Waals surface area contributed by atoms with Crippen LogP contribution in [0.15, 0.2) is 30.3 Å². The van der Waals surface area contributed by atoms with Gasteiger partial charge in [0.25, 0.3) is 0 Å². The fraction of sp³-hybridized carbons (Fsp3) is 0.450. The van der Waals surface area contributed by atoms with E-state index in [1.165, 1.54) is 0 Å². The Bertz CT molecular complexity index is 810. The molecule has 1 aliphatic heterocycles. The Labute approximate surface area is 149 Å². The maximum Gasteiger partial charge on any atom is 0.495 e. The van der Waals surface area contributed by atoms with Crippen LogP contribution in [0.25, 0.3) is 10.8 Å². The van der Waals surface area contributed by atoms with Crippen molar-refractivity contribution < 1.29 is 18.8 Å². The van der Waals surface area contributed by atoms with E-state index in [1.54, 1.807) is 6.92 Å². The zero-order chi connectivity index (χ0) is 18.4. The molecule has 2 aromatic carbocycles. The van der Waals surface area contributed by atoms with E-state index in [-0.39, 0.29) is 5.97 Å². The molecule has 0 aliphatic carbocycles. The van der Waals surface area contributed by atoms with Crippen LogP contribution < -0.4 is 5.46 Å². The maximum atomic E-state index is 12.3. The average molecular weight is 340 g/mol. The summed E-state index contributed by atoms with van der Waals surface area (Å²) in [5.74, 6) is -0.330. The van der Waals surface area contributed by atoms with E-state index < -0.39 is 18.3 Å². The van der Waals surface area contributed by atoms with Crippen molar-refractivity contribution in [1.82, 2.24) is 0 Å². The first kappa shape index (κ1) is 18.0. The molecule has 0 aromatic heterocycles. The van der Waals surface area contributed by atoms with Crippen LogP contribution in [0.1, 0.15) is 50.5 Å². The highest BCUT2D eigenvalue weighted by Crippen LogP contribution is 2.37. The van der Waals surface area contributed by atoms with Crippen molar-refractivity contribution >= 4 is 29.3 Å². The molecule has 132 valence electrons. The van der Waals surface area contributed by atoms with Gasteiger partial charge in [-0.3, -0.25) is 0 Å². The van der Waals surface area contributed by atoms with Crippen molar-refractivity contribution in [2.24, 2.45) is 0 Å². The third kappa shape index (κ3) is 3.19. The van der Waals surface area contributed by atoms with Crippen LogP contribution in [0, 0.1) is 6.92 Å². The number of carbonyl (C=O) groups is 1. The molecular weight excluding hydrogens is 315 g/mol. The largest absolute Gasteiger partial charge is 0.495 e. The molecule has 25 heavy (non-hydrogen) atoms. The summed E-state index contributed by atoms with van der Waals surface area (Å²) >= 11 is 0. The first-order chi connectivity index (χ1) is 11.6. The van der Waals surface area contributed by atoms with Crippen LogP contribution in [-0.2, 0) is 14.0 Å². The molecule has 1 heterocycles. The van der Waals surface area contributed by atoms with E-state index >= 15 is 0 Å². The van der Waals surface area contributed by atoms with Crippen molar-refractivity contribution in [3.63, 3.8) is 0 Å². The fourth-order valence-corrected chi connectivity index (χ4v) is 3.02. The van der Waals surface area contributed by atoms with Crippen LogP contribution in [0.4, 0.5) is 0 Å². The summed E-state index contributed by atoms with van der Waals surface area (Å²) in [6, 6.07) is 9.88. The number of carbonyl (C=O) groups excluding carboxylic acids is 1. The van der Waals surface area contributed by atoms with Crippen molar-refractivity contribution in [3.05, 3.63) is 41.5 Å². The summed E-state index contributed by atoms with van der Waals surface area (Å²) in [7, 11) is -0.524. The van der Waals surface area contributed by atoms with Crippen molar-refractivity contribution in [2.45, 2.75) is 52.7 Å². The van der Waals surface area contributed by atoms with Gasteiger partial charge in [-0.25, -0.2) is 4.79 Å². The van der Waals surface area contributed by atoms with Crippen molar-refractivity contribution in [2.75, 3.05) is 6.61 Å². The monoisotopic (exact) mass is 340 g/mol. The van der Waals surface area contributed by atoms with Crippen molar-refractivity contribution in [1.29, 1.82) is 0 Å². The lowest BCUT2D eigenvalue weighted by Gasteiger charge is -2.32. The number of rotatable bonds is 3. The van der Waals surface area contributed by atoms with Gasteiger partial charge in [0, 0.05) is 0 Å². The van der Waals surface area contributed by atoms with E-state index in [2.05, 4.69) is 18.2 Å². The fourth-order valence-electron chi connectivity index (χ4n) is 3.02. The standard InChI is InChI=1S/C20H25BO4/c1-7-23-18(22)15-11-14-10-13(2)8-9-16(14)17(12-15)21-24-19(3,4)20(5,6)25-21/h8-12H,7H2,1-6H3. The van der Waals surface area contributed by atoms with E-state index in [9.17, 15) is 4.79 Å². The molecule has 0 unspecified atom stereocenters. The average Bonchev–Trinajstić information content (AvgIpc) is 2.74. The number of hydrogen-bond acceptors (Lipinski definition) is 4. The van der Waals surface area contributed by atoms with Crippen LogP contribution in [-0.4, -0.2) is 30.9 Å². The van der Waals surface area contributed by atoms with Gasteiger partial charge in [-0.1, -0.05) is 23.8 Å². The minimum Gasteiger partial charge on any atom is -0.462 e. The molecule has 5 heteroatoms. The highest BCUT2D eigenvalue weighted by molar-refractivity contribution is 6.65. The SMILES string of the molecule is CCOC(=O)c1cc(B2OC(C)(C)C(C)(C)O2)c2ccc(C)cc2c1. The van der Waals surface area contributed by atoms with Crippen LogP contribution in [0.3, 0.4) is 0 Å². The molecule has 1 saturated heterocycles. The molecule has 1 fully saturated rings. The topological polar surface area (TPSA) is 44.8 Å². The predicted molar refractivity (Wildman–Crippen MR) is 100 cm³/mol. The second kappa shape index (κ2) is 6.15. The maximum absolute atomic E-state index is 12.3. The number of aryl methyl sites for hydroxylation is 1. The Kier molecular flexibility index (Phi) is 4.42. The second-order valence-corrected chi connectivity index (χ2v) is 7.60. The Balaban J connectivity index is 2.15. The van der Waals surface area contributed by atoms with E-state index in [4.69, 9.17) is 14.0 Å². The Hall–Kier alpha value is -1.85. The van der Waals surface area contributed by atoms with Gasteiger partial charge in [0.05, 0.1) is 23.4 Å².